The van der Waals surface area contributed by atoms with Crippen LogP contribution in [-0.4, -0.2) is 9.78 Å². The molecule has 4 heteroatoms. The molecular formula is C20H22FN3. The maximum Gasteiger partial charge on any atom is 0.137 e. The summed E-state index contributed by atoms with van der Waals surface area (Å²) in [5.41, 5.74) is 4.41. The molecule has 124 valence electrons. The van der Waals surface area contributed by atoms with Gasteiger partial charge in [0.1, 0.15) is 11.6 Å². The highest BCUT2D eigenvalue weighted by atomic mass is 19.1. The number of hydrogen-bond donors (Lipinski definition) is 1. The smallest absolute Gasteiger partial charge is 0.137 e. The van der Waals surface area contributed by atoms with Crippen LogP contribution in [0.4, 0.5) is 10.2 Å². The Balaban J connectivity index is 1.64. The van der Waals surface area contributed by atoms with E-state index in [9.17, 15) is 4.39 Å². The first-order valence-electron chi connectivity index (χ1n) is 8.66. The summed E-state index contributed by atoms with van der Waals surface area (Å²) in [5.74, 6) is 1.18. The lowest BCUT2D eigenvalue weighted by Crippen LogP contribution is -2.13. The van der Waals surface area contributed by atoms with Crippen LogP contribution in [0.3, 0.4) is 0 Å². The summed E-state index contributed by atoms with van der Waals surface area (Å²) in [6.45, 7) is 6.04. The molecule has 2 heterocycles. The number of allylic oxidation sites excluding steroid dienone is 2. The van der Waals surface area contributed by atoms with Crippen LogP contribution >= 0.6 is 0 Å². The zero-order valence-electron chi connectivity index (χ0n) is 14.0. The molecule has 1 saturated carbocycles. The van der Waals surface area contributed by atoms with E-state index < -0.39 is 0 Å². The van der Waals surface area contributed by atoms with Gasteiger partial charge in [-0.3, -0.25) is 0 Å². The molecule has 3 nitrogen and oxygen atoms in total. The van der Waals surface area contributed by atoms with Crippen LogP contribution in [0.5, 0.6) is 0 Å². The Morgan fingerprint density at radius 2 is 2.04 bits per heavy atom. The van der Waals surface area contributed by atoms with Crippen LogP contribution in [0.2, 0.25) is 0 Å². The Bertz CT molecular complexity index is 825. The third-order valence-corrected chi connectivity index (χ3v) is 5.14. The summed E-state index contributed by atoms with van der Waals surface area (Å²) >= 11 is 0. The van der Waals surface area contributed by atoms with E-state index in [0.717, 1.165) is 46.7 Å². The van der Waals surface area contributed by atoms with E-state index in [1.54, 1.807) is 16.9 Å². The van der Waals surface area contributed by atoms with Crippen molar-refractivity contribution >= 4 is 17.2 Å². The first-order chi connectivity index (χ1) is 11.6. The third kappa shape index (κ3) is 2.56. The minimum absolute atomic E-state index is 0.0940. The zero-order valence-corrected chi connectivity index (χ0v) is 14.0. The lowest BCUT2D eigenvalue weighted by atomic mass is 9.83. The van der Waals surface area contributed by atoms with Crippen molar-refractivity contribution in [1.29, 1.82) is 0 Å². The van der Waals surface area contributed by atoms with Crippen LogP contribution in [0, 0.1) is 12.7 Å². The second-order valence-corrected chi connectivity index (χ2v) is 6.83. The van der Waals surface area contributed by atoms with Crippen molar-refractivity contribution in [2.45, 2.75) is 44.9 Å². The Kier molecular flexibility index (Phi) is 3.75. The standard InChI is InChI=1S/C20H22FN3/c1-13-12-22-24-14(2)10-19(23-20(13)24)16-8-9-17(18(21)11-16)15-6-4-3-5-7-15/h8-12,15,23H,2-7H2,1H3. The molecule has 0 bridgehead atoms. The summed E-state index contributed by atoms with van der Waals surface area (Å²) in [4.78, 5) is 0. The minimum Gasteiger partial charge on any atom is -0.339 e. The Morgan fingerprint density at radius 1 is 1.25 bits per heavy atom. The van der Waals surface area contributed by atoms with Gasteiger partial charge in [0.2, 0.25) is 0 Å². The molecular weight excluding hydrogens is 301 g/mol. The number of hydrogen-bond acceptors (Lipinski definition) is 2. The van der Waals surface area contributed by atoms with Crippen LogP contribution in [0.25, 0.3) is 11.4 Å². The topological polar surface area (TPSA) is 29.9 Å². The van der Waals surface area contributed by atoms with Gasteiger partial charge in [0.15, 0.2) is 0 Å². The predicted molar refractivity (Wildman–Crippen MR) is 96.1 cm³/mol. The number of fused-ring (bicyclic) bond motifs is 1. The van der Waals surface area contributed by atoms with Crippen molar-refractivity contribution < 1.29 is 4.39 Å². The SMILES string of the molecule is C=C1C=C(c2ccc(C3CCCCC3)c(F)c2)Nc2c(C)cnn21. The Labute approximate surface area is 141 Å². The highest BCUT2D eigenvalue weighted by Gasteiger charge is 2.21. The molecule has 24 heavy (non-hydrogen) atoms. The van der Waals surface area contributed by atoms with Gasteiger partial charge in [0, 0.05) is 16.8 Å². The maximum absolute atomic E-state index is 14.7. The number of nitrogens with one attached hydrogen (secondary N) is 1. The van der Waals surface area contributed by atoms with Crippen LogP contribution in [-0.2, 0) is 0 Å². The molecule has 0 radical (unpaired) electrons. The van der Waals surface area contributed by atoms with E-state index in [1.165, 1.54) is 19.3 Å². The van der Waals surface area contributed by atoms with Gasteiger partial charge in [-0.05, 0) is 43.4 Å². The van der Waals surface area contributed by atoms with Crippen molar-refractivity contribution in [2.75, 3.05) is 5.32 Å². The fourth-order valence-electron chi connectivity index (χ4n) is 3.79. The van der Waals surface area contributed by atoms with E-state index in [0.29, 0.717) is 5.92 Å². The van der Waals surface area contributed by atoms with Crippen LogP contribution < -0.4 is 5.32 Å². The highest BCUT2D eigenvalue weighted by molar-refractivity contribution is 5.87. The molecule has 1 aromatic carbocycles. The summed E-state index contributed by atoms with van der Waals surface area (Å²) in [5, 5.41) is 7.65. The second-order valence-electron chi connectivity index (χ2n) is 6.83. The van der Waals surface area contributed by atoms with Crippen molar-refractivity contribution in [3.05, 3.63) is 59.6 Å². The summed E-state index contributed by atoms with van der Waals surface area (Å²) in [6.07, 6.45) is 9.62. The van der Waals surface area contributed by atoms with E-state index >= 15 is 0 Å². The van der Waals surface area contributed by atoms with Crippen LogP contribution in [0.1, 0.15) is 54.7 Å². The molecule has 1 fully saturated rings. The Morgan fingerprint density at radius 3 is 2.79 bits per heavy atom. The molecule has 1 aromatic heterocycles. The molecule has 1 aliphatic heterocycles. The first kappa shape index (κ1) is 15.2. The largest absolute Gasteiger partial charge is 0.339 e. The van der Waals surface area contributed by atoms with Crippen molar-refractivity contribution in [1.82, 2.24) is 9.78 Å². The van der Waals surface area contributed by atoms with Gasteiger partial charge in [0.05, 0.1) is 11.9 Å². The molecule has 1 aliphatic carbocycles. The molecule has 0 amide bonds. The van der Waals surface area contributed by atoms with Gasteiger partial charge in [-0.15, -0.1) is 0 Å². The number of halogens is 1. The van der Waals surface area contributed by atoms with Gasteiger partial charge in [-0.25, -0.2) is 9.07 Å². The van der Waals surface area contributed by atoms with Gasteiger partial charge < -0.3 is 5.32 Å². The maximum atomic E-state index is 14.7. The highest BCUT2D eigenvalue weighted by Crippen LogP contribution is 2.36. The number of benzene rings is 1. The van der Waals surface area contributed by atoms with E-state index in [2.05, 4.69) is 17.0 Å². The molecule has 0 saturated heterocycles. The zero-order chi connectivity index (χ0) is 16.7. The van der Waals surface area contributed by atoms with Gasteiger partial charge in [0.25, 0.3) is 0 Å². The molecule has 2 aromatic rings. The first-order valence-corrected chi connectivity index (χ1v) is 8.66. The predicted octanol–water partition coefficient (Wildman–Crippen LogP) is 5.32. The Hall–Kier alpha value is -2.36. The van der Waals surface area contributed by atoms with E-state index in [-0.39, 0.29) is 5.82 Å². The number of aromatic nitrogens is 2. The molecule has 0 atom stereocenters. The molecule has 0 spiro atoms. The average molecular weight is 323 g/mol. The number of rotatable bonds is 2. The van der Waals surface area contributed by atoms with Crippen molar-refractivity contribution in [2.24, 2.45) is 0 Å². The molecule has 0 unspecified atom stereocenters. The van der Waals surface area contributed by atoms with Crippen molar-refractivity contribution in [3.8, 4) is 0 Å². The average Bonchev–Trinajstić information content (AvgIpc) is 2.97. The van der Waals surface area contributed by atoms with Gasteiger partial charge in [-0.1, -0.05) is 38.0 Å². The summed E-state index contributed by atoms with van der Waals surface area (Å²) in [6, 6.07) is 5.63. The third-order valence-electron chi connectivity index (χ3n) is 5.14. The number of anilines is 1. The van der Waals surface area contributed by atoms with Crippen LogP contribution in [0.15, 0.2) is 37.1 Å². The van der Waals surface area contributed by atoms with Gasteiger partial charge >= 0.3 is 0 Å². The second kappa shape index (κ2) is 5.93. The lowest BCUT2D eigenvalue weighted by molar-refractivity contribution is 0.429. The summed E-state index contributed by atoms with van der Waals surface area (Å²) < 4.78 is 16.5. The quantitative estimate of drug-likeness (QED) is 0.811. The van der Waals surface area contributed by atoms with Crippen molar-refractivity contribution in [3.63, 3.8) is 0 Å². The normalized spacial score (nSPS) is 18.1. The molecule has 4 rings (SSSR count). The molecule has 1 N–H and O–H groups in total. The van der Waals surface area contributed by atoms with E-state index in [1.807, 2.05) is 25.1 Å². The number of aryl methyl sites for hydroxylation is 1. The minimum atomic E-state index is -0.0940. The van der Waals surface area contributed by atoms with Gasteiger partial charge in [-0.2, -0.15) is 5.10 Å². The monoisotopic (exact) mass is 323 g/mol. The number of nitrogens with zero attached hydrogens (tertiary/aromatic N) is 2. The fraction of sp³-hybridized carbons (Fsp3) is 0.350. The lowest BCUT2D eigenvalue weighted by Gasteiger charge is -2.24. The molecule has 2 aliphatic rings. The summed E-state index contributed by atoms with van der Waals surface area (Å²) in [7, 11) is 0. The van der Waals surface area contributed by atoms with E-state index in [4.69, 9.17) is 0 Å². The fourth-order valence-corrected chi connectivity index (χ4v) is 3.79.